The highest BCUT2D eigenvalue weighted by molar-refractivity contribution is 7.94. The third-order valence-corrected chi connectivity index (χ3v) is 12.8. The van der Waals surface area contributed by atoms with E-state index in [1.807, 2.05) is 36.4 Å². The maximum Gasteiger partial charge on any atom is 0.272 e. The summed E-state index contributed by atoms with van der Waals surface area (Å²) in [5.41, 5.74) is 2.40. The SMILES string of the molecule is O=S(=O)(Nc1n[nH]c2c(F)c(Cl)c(-c3ccccc3)cc12)c1ccccc1.O=S(=O)(Nc1n[nH]c2c(F)c(Cl)c(-c3ccccc3)cc12)c1cccs1. The fourth-order valence-corrected chi connectivity index (χ4v) is 8.95. The number of thiophene rings is 1. The number of rotatable bonds is 8. The van der Waals surface area contributed by atoms with E-state index in [1.54, 1.807) is 66.0 Å². The second kappa shape index (κ2) is 14.6. The first kappa shape index (κ1) is 36.1. The van der Waals surface area contributed by atoms with Crippen LogP contribution in [-0.4, -0.2) is 37.2 Å². The molecule has 0 saturated heterocycles. The van der Waals surface area contributed by atoms with Crippen LogP contribution in [0.4, 0.5) is 20.4 Å². The van der Waals surface area contributed by atoms with E-state index >= 15 is 0 Å². The molecule has 0 saturated carbocycles. The molecule has 0 aliphatic rings. The normalized spacial score (nSPS) is 11.7. The highest BCUT2D eigenvalue weighted by Crippen LogP contribution is 2.39. The summed E-state index contributed by atoms with van der Waals surface area (Å²) < 4.78 is 84.4. The first-order valence-corrected chi connectivity index (χ1v) is 20.0. The monoisotopic (exact) mass is 808 g/mol. The number of H-pyrrole nitrogens is 2. The first-order chi connectivity index (χ1) is 25.4. The molecule has 0 radical (unpaired) electrons. The molecule has 0 spiro atoms. The maximum absolute atomic E-state index is 14.7. The van der Waals surface area contributed by atoms with Gasteiger partial charge in [-0.1, -0.05) is 108 Å². The summed E-state index contributed by atoms with van der Waals surface area (Å²) in [5.74, 6) is -1.36. The van der Waals surface area contributed by atoms with Crippen molar-refractivity contribution in [2.75, 3.05) is 9.44 Å². The van der Waals surface area contributed by atoms with Crippen LogP contribution in [0.25, 0.3) is 44.1 Å². The molecule has 53 heavy (non-hydrogen) atoms. The zero-order chi connectivity index (χ0) is 37.3. The number of benzene rings is 5. The van der Waals surface area contributed by atoms with Gasteiger partial charge in [-0.15, -0.1) is 11.3 Å². The number of anilines is 2. The van der Waals surface area contributed by atoms with Crippen LogP contribution in [0.3, 0.4) is 0 Å². The van der Waals surface area contributed by atoms with Gasteiger partial charge < -0.3 is 0 Å². The highest BCUT2D eigenvalue weighted by atomic mass is 35.5. The topological polar surface area (TPSA) is 150 Å². The molecule has 0 bridgehead atoms. The van der Waals surface area contributed by atoms with Crippen LogP contribution in [0, 0.1) is 11.6 Å². The maximum atomic E-state index is 14.7. The largest absolute Gasteiger partial charge is 0.273 e. The Morgan fingerprint density at radius 1 is 0.585 bits per heavy atom. The number of sulfonamides is 2. The lowest BCUT2D eigenvalue weighted by Gasteiger charge is -2.08. The number of hydrogen-bond donors (Lipinski definition) is 4. The van der Waals surface area contributed by atoms with Crippen molar-refractivity contribution >= 4 is 88.0 Å². The Morgan fingerprint density at radius 3 is 1.45 bits per heavy atom. The van der Waals surface area contributed by atoms with E-state index in [4.69, 9.17) is 23.2 Å². The second-order valence-electron chi connectivity index (χ2n) is 11.3. The Balaban J connectivity index is 0.000000164. The number of aromatic nitrogens is 4. The summed E-state index contributed by atoms with van der Waals surface area (Å²) in [6.45, 7) is 0. The quantitative estimate of drug-likeness (QED) is 0.120. The molecule has 0 atom stereocenters. The van der Waals surface area contributed by atoms with E-state index in [9.17, 15) is 25.6 Å². The molecular weight excluding hydrogens is 786 g/mol. The number of aromatic amines is 2. The minimum absolute atomic E-state index is 0.00148. The Hall–Kier alpha value is -5.32. The summed E-state index contributed by atoms with van der Waals surface area (Å²) >= 11 is 13.4. The van der Waals surface area contributed by atoms with Gasteiger partial charge in [0, 0.05) is 21.9 Å². The third kappa shape index (κ3) is 7.21. The lowest BCUT2D eigenvalue weighted by Crippen LogP contribution is -2.13. The van der Waals surface area contributed by atoms with Gasteiger partial charge in [0.2, 0.25) is 0 Å². The molecule has 10 nitrogen and oxygen atoms in total. The van der Waals surface area contributed by atoms with Crippen LogP contribution in [0.15, 0.2) is 130 Å². The van der Waals surface area contributed by atoms with Gasteiger partial charge in [-0.2, -0.15) is 10.2 Å². The summed E-state index contributed by atoms with van der Waals surface area (Å²) in [6.07, 6.45) is 0. The molecule has 3 aromatic heterocycles. The van der Waals surface area contributed by atoms with Crippen LogP contribution in [-0.2, 0) is 20.0 Å². The predicted molar refractivity (Wildman–Crippen MR) is 205 cm³/mol. The second-order valence-corrected chi connectivity index (χ2v) is 16.6. The Bertz CT molecular complexity index is 2810. The van der Waals surface area contributed by atoms with Gasteiger partial charge in [0.1, 0.15) is 15.2 Å². The zero-order valence-corrected chi connectivity index (χ0v) is 30.8. The van der Waals surface area contributed by atoms with E-state index in [1.165, 1.54) is 18.2 Å². The number of halogens is 4. The molecule has 0 fully saturated rings. The average Bonchev–Trinajstić information content (AvgIpc) is 3.94. The summed E-state index contributed by atoms with van der Waals surface area (Å²) in [4.78, 5) is 0.0823. The van der Waals surface area contributed by atoms with Crippen LogP contribution in [0.1, 0.15) is 0 Å². The molecule has 268 valence electrons. The average molecular weight is 810 g/mol. The van der Waals surface area contributed by atoms with Crippen molar-refractivity contribution in [1.29, 1.82) is 0 Å². The standard InChI is InChI=1S/C19H13ClFN3O2S.C17H11ClFN3O2S2/c20-16-14(12-7-3-1-4-8-12)11-15-18(17(16)21)22-23-19(15)24-27(25,26)13-9-5-2-6-10-13;18-14-11(10-5-2-1-3-6-10)9-12-16(15(14)19)20-21-17(12)22-26(23,24)13-7-4-8-25-13/h1-11H,(H2,22,23,24);1-9H,(H2,20,21,22). The summed E-state index contributed by atoms with van der Waals surface area (Å²) in [5, 5.41) is 15.0. The van der Waals surface area contributed by atoms with Crippen molar-refractivity contribution < 1.29 is 25.6 Å². The van der Waals surface area contributed by atoms with Gasteiger partial charge in [0.15, 0.2) is 23.3 Å². The van der Waals surface area contributed by atoms with Crippen molar-refractivity contribution in [3.8, 4) is 22.3 Å². The molecule has 0 aliphatic heterocycles. The number of fused-ring (bicyclic) bond motifs is 2. The van der Waals surface area contributed by atoms with E-state index in [0.717, 1.165) is 11.3 Å². The van der Waals surface area contributed by atoms with E-state index in [-0.39, 0.29) is 47.2 Å². The van der Waals surface area contributed by atoms with Crippen molar-refractivity contribution in [3.63, 3.8) is 0 Å². The van der Waals surface area contributed by atoms with Gasteiger partial charge in [-0.25, -0.2) is 25.6 Å². The molecule has 4 N–H and O–H groups in total. The lowest BCUT2D eigenvalue weighted by molar-refractivity contribution is 0.600. The molecule has 0 unspecified atom stereocenters. The van der Waals surface area contributed by atoms with Gasteiger partial charge >= 0.3 is 0 Å². The van der Waals surface area contributed by atoms with Crippen LogP contribution in [0.2, 0.25) is 10.0 Å². The predicted octanol–water partition coefficient (Wildman–Crippen LogP) is 9.71. The Morgan fingerprint density at radius 2 is 1.02 bits per heavy atom. The molecule has 8 rings (SSSR count). The minimum atomic E-state index is -3.86. The minimum Gasteiger partial charge on any atom is -0.273 e. The highest BCUT2D eigenvalue weighted by Gasteiger charge is 2.23. The third-order valence-electron chi connectivity index (χ3n) is 7.93. The van der Waals surface area contributed by atoms with Gasteiger partial charge in [-0.3, -0.25) is 19.6 Å². The Kier molecular flexibility index (Phi) is 9.93. The number of nitrogens with zero attached hydrogens (tertiary/aromatic N) is 2. The van der Waals surface area contributed by atoms with Crippen molar-refractivity contribution in [2.24, 2.45) is 0 Å². The van der Waals surface area contributed by atoms with Crippen LogP contribution in [0.5, 0.6) is 0 Å². The van der Waals surface area contributed by atoms with E-state index in [0.29, 0.717) is 27.6 Å². The molecular formula is C36H24Cl2F2N6O4S3. The molecule has 5 aromatic carbocycles. The summed E-state index contributed by atoms with van der Waals surface area (Å²) in [6, 6.07) is 32.3. The fourth-order valence-electron chi connectivity index (χ4n) is 5.38. The van der Waals surface area contributed by atoms with Crippen molar-refractivity contribution in [1.82, 2.24) is 20.4 Å². The fraction of sp³-hybridized carbons (Fsp3) is 0. The molecule has 0 aliphatic carbocycles. The molecule has 0 amide bonds. The van der Waals surface area contributed by atoms with Gasteiger partial charge in [-0.05, 0) is 46.8 Å². The summed E-state index contributed by atoms with van der Waals surface area (Å²) in [7, 11) is -7.66. The smallest absolute Gasteiger partial charge is 0.272 e. The molecule has 17 heteroatoms. The van der Waals surface area contributed by atoms with Crippen LogP contribution >= 0.6 is 34.5 Å². The molecule has 3 heterocycles. The molecule has 8 aromatic rings. The van der Waals surface area contributed by atoms with Crippen molar-refractivity contribution in [2.45, 2.75) is 9.10 Å². The first-order valence-electron chi connectivity index (χ1n) is 15.4. The number of nitrogens with one attached hydrogen (secondary N) is 4. The zero-order valence-electron chi connectivity index (χ0n) is 26.8. The van der Waals surface area contributed by atoms with E-state index in [2.05, 4.69) is 29.8 Å². The van der Waals surface area contributed by atoms with Gasteiger partial charge in [0.05, 0.1) is 14.9 Å². The lowest BCUT2D eigenvalue weighted by atomic mass is 10.0. The number of hydrogen-bond acceptors (Lipinski definition) is 7. The Labute approximate surface area is 315 Å². The van der Waals surface area contributed by atoms with Gasteiger partial charge in [0.25, 0.3) is 20.0 Å². The van der Waals surface area contributed by atoms with Crippen molar-refractivity contribution in [3.05, 3.63) is 142 Å². The van der Waals surface area contributed by atoms with Crippen LogP contribution < -0.4 is 9.44 Å². The van der Waals surface area contributed by atoms with E-state index < -0.39 is 31.7 Å².